The second-order valence-electron chi connectivity index (χ2n) is 5.87. The highest BCUT2D eigenvalue weighted by molar-refractivity contribution is 8.00. The third kappa shape index (κ3) is 4.39. The van der Waals surface area contributed by atoms with E-state index in [1.54, 1.807) is 11.3 Å². The molecule has 3 rings (SSSR count). The molecule has 1 fully saturated rings. The van der Waals surface area contributed by atoms with Crippen LogP contribution in [0.1, 0.15) is 24.1 Å². The molecular weight excluding hydrogens is 364 g/mol. The molecule has 1 aliphatic rings. The van der Waals surface area contributed by atoms with Crippen molar-refractivity contribution in [3.05, 3.63) is 16.2 Å². The van der Waals surface area contributed by atoms with E-state index in [9.17, 15) is 4.79 Å². The molecule has 5 nitrogen and oxygen atoms in total. The van der Waals surface area contributed by atoms with Crippen molar-refractivity contribution in [3.63, 3.8) is 0 Å². The number of hydrogen-bond donors (Lipinski definition) is 1. The minimum atomic E-state index is 0.0341. The van der Waals surface area contributed by atoms with Gasteiger partial charge in [-0.15, -0.1) is 11.3 Å². The zero-order valence-corrected chi connectivity index (χ0v) is 16.1. The van der Waals surface area contributed by atoms with Crippen molar-refractivity contribution < 1.29 is 4.79 Å². The van der Waals surface area contributed by atoms with Gasteiger partial charge in [0, 0.05) is 18.0 Å². The predicted octanol–water partition coefficient (Wildman–Crippen LogP) is 3.35. The fraction of sp³-hybridized carbons (Fsp3) is 0.562. The van der Waals surface area contributed by atoms with E-state index in [1.165, 1.54) is 37.4 Å². The Hall–Kier alpha value is -0.890. The molecule has 2 aromatic rings. The number of thioether (sulfide) groups is 1. The highest BCUT2D eigenvalue weighted by atomic mass is 35.5. The van der Waals surface area contributed by atoms with Crippen LogP contribution in [0, 0.1) is 6.92 Å². The van der Waals surface area contributed by atoms with E-state index in [0.29, 0.717) is 17.3 Å². The van der Waals surface area contributed by atoms with Crippen LogP contribution in [0.3, 0.4) is 0 Å². The number of fused-ring (bicyclic) bond motifs is 1. The van der Waals surface area contributed by atoms with Crippen LogP contribution in [0.2, 0.25) is 5.02 Å². The lowest BCUT2D eigenvalue weighted by molar-refractivity contribution is -0.118. The summed E-state index contributed by atoms with van der Waals surface area (Å²) in [5.41, 5.74) is 0. The second-order valence-corrected chi connectivity index (χ2v) is 8.42. The lowest BCUT2D eigenvalue weighted by Gasteiger charge is -2.26. The molecule has 0 saturated carbocycles. The highest BCUT2D eigenvalue weighted by Gasteiger charge is 2.15. The molecule has 0 atom stereocenters. The Morgan fingerprint density at radius 3 is 2.96 bits per heavy atom. The summed E-state index contributed by atoms with van der Waals surface area (Å²) in [5.74, 6) is 0.379. The average molecular weight is 385 g/mol. The molecule has 130 valence electrons. The van der Waals surface area contributed by atoms with Gasteiger partial charge >= 0.3 is 0 Å². The summed E-state index contributed by atoms with van der Waals surface area (Å²) < 4.78 is 0. The summed E-state index contributed by atoms with van der Waals surface area (Å²) in [5, 5.41) is 5.34. The molecule has 1 amide bonds. The molecule has 1 N–H and O–H groups in total. The first-order valence-electron chi connectivity index (χ1n) is 8.16. The summed E-state index contributed by atoms with van der Waals surface area (Å²) in [6, 6.07) is 0. The van der Waals surface area contributed by atoms with E-state index in [0.717, 1.165) is 39.8 Å². The number of halogens is 1. The number of hydrogen-bond acceptors (Lipinski definition) is 6. The molecule has 0 unspecified atom stereocenters. The number of aromatic nitrogens is 2. The summed E-state index contributed by atoms with van der Waals surface area (Å²) in [6.07, 6.45) is 5.41. The predicted molar refractivity (Wildman–Crippen MR) is 101 cm³/mol. The molecule has 0 spiro atoms. The maximum absolute atomic E-state index is 12.1. The number of aryl methyl sites for hydroxylation is 1. The fourth-order valence-corrected chi connectivity index (χ4v) is 5.00. The standard InChI is InChI=1S/C16H21ClN4OS2/c1-11-14(17)13-15(19-10-20-16(13)24-11)23-9-12(22)18-5-8-21-6-3-2-4-7-21/h10H,2-9H2,1H3,(H,18,22). The zero-order valence-electron chi connectivity index (χ0n) is 13.7. The normalized spacial score (nSPS) is 15.8. The number of thiophene rings is 1. The molecule has 8 heteroatoms. The van der Waals surface area contributed by atoms with Gasteiger partial charge in [-0.3, -0.25) is 4.79 Å². The maximum atomic E-state index is 12.1. The summed E-state index contributed by atoms with van der Waals surface area (Å²) in [7, 11) is 0. The van der Waals surface area contributed by atoms with Crippen LogP contribution in [-0.2, 0) is 4.79 Å². The van der Waals surface area contributed by atoms with Crippen molar-refractivity contribution in [2.24, 2.45) is 0 Å². The number of carbonyl (C=O) groups excluding carboxylic acids is 1. The van der Waals surface area contributed by atoms with Crippen LogP contribution in [0.4, 0.5) is 0 Å². The number of piperidine rings is 1. The largest absolute Gasteiger partial charge is 0.354 e. The minimum Gasteiger partial charge on any atom is -0.354 e. The smallest absolute Gasteiger partial charge is 0.230 e. The molecule has 0 radical (unpaired) electrons. The van der Waals surface area contributed by atoms with Gasteiger partial charge in [-0.2, -0.15) is 0 Å². The lowest BCUT2D eigenvalue weighted by Crippen LogP contribution is -2.38. The Balaban J connectivity index is 1.49. The van der Waals surface area contributed by atoms with Gasteiger partial charge in [0.15, 0.2) is 0 Å². The Bertz CT molecular complexity index is 715. The van der Waals surface area contributed by atoms with E-state index in [-0.39, 0.29) is 5.91 Å². The van der Waals surface area contributed by atoms with Crippen molar-refractivity contribution in [2.75, 3.05) is 31.9 Å². The number of nitrogens with one attached hydrogen (secondary N) is 1. The van der Waals surface area contributed by atoms with Crippen molar-refractivity contribution in [1.82, 2.24) is 20.2 Å². The number of rotatable bonds is 6. The van der Waals surface area contributed by atoms with Crippen molar-refractivity contribution in [2.45, 2.75) is 31.2 Å². The number of nitrogens with zero attached hydrogens (tertiary/aromatic N) is 3. The first-order valence-corrected chi connectivity index (χ1v) is 10.3. The van der Waals surface area contributed by atoms with Gasteiger partial charge in [0.2, 0.25) is 5.91 Å². The second kappa shape index (κ2) is 8.47. The SMILES string of the molecule is Cc1sc2ncnc(SCC(=O)NCCN3CCCCC3)c2c1Cl. The Morgan fingerprint density at radius 2 is 2.17 bits per heavy atom. The number of carbonyl (C=O) groups is 1. The van der Waals surface area contributed by atoms with Crippen molar-refractivity contribution in [3.8, 4) is 0 Å². The summed E-state index contributed by atoms with van der Waals surface area (Å²) in [6.45, 7) is 5.91. The van der Waals surface area contributed by atoms with Gasteiger partial charge in [0.1, 0.15) is 16.2 Å². The maximum Gasteiger partial charge on any atom is 0.230 e. The molecule has 0 aromatic carbocycles. The first-order chi connectivity index (χ1) is 11.6. The third-order valence-corrected chi connectivity index (χ3v) is 6.68. The molecular formula is C16H21ClN4OS2. The Labute approximate surface area is 155 Å². The van der Waals surface area contributed by atoms with E-state index in [2.05, 4.69) is 20.2 Å². The van der Waals surface area contributed by atoms with E-state index in [4.69, 9.17) is 11.6 Å². The zero-order chi connectivity index (χ0) is 16.9. The van der Waals surface area contributed by atoms with Crippen LogP contribution >= 0.6 is 34.7 Å². The minimum absolute atomic E-state index is 0.0341. The quantitative estimate of drug-likeness (QED) is 0.611. The molecule has 0 bridgehead atoms. The lowest BCUT2D eigenvalue weighted by atomic mass is 10.1. The average Bonchev–Trinajstić information content (AvgIpc) is 2.89. The van der Waals surface area contributed by atoms with Gasteiger partial charge in [0.05, 0.1) is 16.2 Å². The molecule has 1 saturated heterocycles. The highest BCUT2D eigenvalue weighted by Crippen LogP contribution is 2.38. The molecule has 2 aromatic heterocycles. The Kier molecular flexibility index (Phi) is 6.32. The molecule has 0 aliphatic carbocycles. The van der Waals surface area contributed by atoms with E-state index >= 15 is 0 Å². The van der Waals surface area contributed by atoms with Crippen molar-refractivity contribution >= 4 is 50.8 Å². The fourth-order valence-electron chi connectivity index (χ4n) is 2.82. The summed E-state index contributed by atoms with van der Waals surface area (Å²) in [4.78, 5) is 24.9. The van der Waals surface area contributed by atoms with Gasteiger partial charge in [-0.1, -0.05) is 29.8 Å². The van der Waals surface area contributed by atoms with Crippen LogP contribution in [0.25, 0.3) is 10.2 Å². The van der Waals surface area contributed by atoms with E-state index < -0.39 is 0 Å². The van der Waals surface area contributed by atoms with Crippen LogP contribution in [0.15, 0.2) is 11.4 Å². The first kappa shape index (κ1) is 17.9. The molecule has 1 aliphatic heterocycles. The van der Waals surface area contributed by atoms with E-state index in [1.807, 2.05) is 6.92 Å². The third-order valence-electron chi connectivity index (χ3n) is 4.09. The monoisotopic (exact) mass is 384 g/mol. The van der Waals surface area contributed by atoms with Crippen LogP contribution < -0.4 is 5.32 Å². The number of amides is 1. The molecule has 3 heterocycles. The van der Waals surface area contributed by atoms with Gasteiger partial charge in [-0.25, -0.2) is 9.97 Å². The van der Waals surface area contributed by atoms with Gasteiger partial charge < -0.3 is 10.2 Å². The van der Waals surface area contributed by atoms with Crippen molar-refractivity contribution in [1.29, 1.82) is 0 Å². The topological polar surface area (TPSA) is 58.1 Å². The number of likely N-dealkylation sites (tertiary alicyclic amines) is 1. The summed E-state index contributed by atoms with van der Waals surface area (Å²) >= 11 is 9.31. The van der Waals surface area contributed by atoms with Crippen LogP contribution in [-0.4, -0.2) is 52.7 Å². The van der Waals surface area contributed by atoms with Gasteiger partial charge in [0.25, 0.3) is 0 Å². The van der Waals surface area contributed by atoms with Gasteiger partial charge in [-0.05, 0) is 32.9 Å². The molecule has 24 heavy (non-hydrogen) atoms. The Morgan fingerprint density at radius 1 is 1.38 bits per heavy atom. The van der Waals surface area contributed by atoms with Crippen LogP contribution in [0.5, 0.6) is 0 Å².